The van der Waals surface area contributed by atoms with Gasteiger partial charge in [-0.05, 0) is 93.1 Å². The third-order valence-corrected chi connectivity index (χ3v) is 10.8. The fourth-order valence-corrected chi connectivity index (χ4v) is 7.69. The smallest absolute Gasteiger partial charge is 0.229 e. The molecule has 294 valence electrons. The molecule has 0 saturated heterocycles. The van der Waals surface area contributed by atoms with Crippen LogP contribution < -0.4 is 20.1 Å². The second kappa shape index (κ2) is 16.0. The molecule has 0 amide bonds. The molecule has 0 saturated carbocycles. The van der Waals surface area contributed by atoms with Crippen LogP contribution in [0.3, 0.4) is 0 Å². The number of likely N-dealkylation sites (N-methyl/N-ethyl adjacent to an activating group) is 1. The van der Waals surface area contributed by atoms with Gasteiger partial charge in [0.05, 0.1) is 66.6 Å². The molecule has 0 radical (unpaired) electrons. The number of ether oxygens (including phenoxy) is 2. The van der Waals surface area contributed by atoms with E-state index in [1.54, 1.807) is 38.2 Å². The van der Waals surface area contributed by atoms with Gasteiger partial charge in [-0.1, -0.05) is 0 Å². The summed E-state index contributed by atoms with van der Waals surface area (Å²) in [4.78, 5) is 24.1. The quantitative estimate of drug-likeness (QED) is 0.120. The van der Waals surface area contributed by atoms with Crippen LogP contribution in [0.1, 0.15) is 60.7 Å². The zero-order chi connectivity index (χ0) is 38.9. The molecule has 16 heteroatoms. The minimum absolute atomic E-state index is 0.0522. The zero-order valence-corrected chi connectivity index (χ0v) is 32.7. The number of anilines is 4. The molecule has 0 unspecified atom stereocenters. The molecule has 4 aromatic heterocycles. The average molecular weight is 763 g/mol. The molecule has 4 N–H and O–H groups in total. The van der Waals surface area contributed by atoms with Crippen molar-refractivity contribution in [1.82, 2.24) is 49.3 Å². The van der Waals surface area contributed by atoms with Crippen molar-refractivity contribution in [2.75, 3.05) is 51.6 Å². The Labute approximate surface area is 325 Å². The van der Waals surface area contributed by atoms with E-state index < -0.39 is 6.10 Å². The predicted octanol–water partition coefficient (Wildman–Crippen LogP) is 4.73. The molecule has 0 spiro atoms. The lowest BCUT2D eigenvalue weighted by molar-refractivity contribution is 0.177. The van der Waals surface area contributed by atoms with E-state index in [1.807, 2.05) is 17.8 Å². The van der Waals surface area contributed by atoms with Gasteiger partial charge in [-0.25, -0.2) is 19.3 Å². The van der Waals surface area contributed by atoms with Crippen molar-refractivity contribution in [2.24, 2.45) is 0 Å². The van der Waals surface area contributed by atoms with Crippen molar-refractivity contribution < 1.29 is 19.7 Å². The Hall–Kier alpha value is -5.42. The molecular formula is C40H50N12O4. The second-order valence-electron chi connectivity index (χ2n) is 15.0. The summed E-state index contributed by atoms with van der Waals surface area (Å²) in [6.45, 7) is 8.38. The molecule has 0 bridgehead atoms. The Balaban J connectivity index is 1.08. The van der Waals surface area contributed by atoms with E-state index in [0.29, 0.717) is 61.4 Å². The maximum atomic E-state index is 9.81. The number of rotatable bonds is 14. The van der Waals surface area contributed by atoms with Crippen LogP contribution in [-0.2, 0) is 39.0 Å². The molecule has 16 nitrogen and oxygen atoms in total. The number of aryl methyl sites for hydroxylation is 1. The summed E-state index contributed by atoms with van der Waals surface area (Å²) in [6.07, 6.45) is 7.84. The van der Waals surface area contributed by atoms with Gasteiger partial charge >= 0.3 is 0 Å². The van der Waals surface area contributed by atoms with Crippen LogP contribution in [0, 0.1) is 0 Å². The first-order chi connectivity index (χ1) is 27.2. The molecule has 0 fully saturated rings. The lowest BCUT2D eigenvalue weighted by Crippen LogP contribution is -2.30. The van der Waals surface area contributed by atoms with Crippen LogP contribution in [0.5, 0.6) is 11.5 Å². The molecule has 2 aliphatic rings. The van der Waals surface area contributed by atoms with Crippen LogP contribution in [0.4, 0.5) is 23.3 Å². The summed E-state index contributed by atoms with van der Waals surface area (Å²) in [5.41, 5.74) is 8.80. The lowest BCUT2D eigenvalue weighted by Gasteiger charge is -2.29. The molecule has 6 heterocycles. The summed E-state index contributed by atoms with van der Waals surface area (Å²) in [7, 11) is 5.50. The van der Waals surface area contributed by atoms with Crippen molar-refractivity contribution in [1.29, 1.82) is 0 Å². The van der Waals surface area contributed by atoms with Gasteiger partial charge in [-0.3, -0.25) is 4.90 Å². The van der Waals surface area contributed by atoms with E-state index in [4.69, 9.17) is 29.5 Å². The standard InChI is InChI=1S/C40H50N12O4/c1-24(9-13-53)52-38-31(20-43-52)34(46-40(48-38)45-33-14-28-21-49(3)10-7-26(28)16-36(33)56-5)23-50-11-8-27-17-35(55-4)32(15-29(27)22-50)44-39-41-18-30-19-42-51(37(30)47-39)12-6-25(2)54/h14-20,24-25,53-54H,6-13,21-23H2,1-5H3,(H,41,44,47)(H,45,46,48)/t24-,25-/m0/s1. The molecule has 8 rings (SSSR count). The Kier molecular flexibility index (Phi) is 10.7. The summed E-state index contributed by atoms with van der Waals surface area (Å²) < 4.78 is 15.4. The van der Waals surface area contributed by atoms with Crippen LogP contribution in [0.15, 0.2) is 42.9 Å². The van der Waals surface area contributed by atoms with Gasteiger partial charge in [-0.15, -0.1) is 0 Å². The monoisotopic (exact) mass is 762 g/mol. The van der Waals surface area contributed by atoms with Gasteiger partial charge in [-0.2, -0.15) is 20.2 Å². The lowest BCUT2D eigenvalue weighted by atomic mass is 9.98. The first-order valence-corrected chi connectivity index (χ1v) is 19.3. The number of aromatic nitrogens is 8. The van der Waals surface area contributed by atoms with E-state index in [0.717, 1.165) is 66.1 Å². The highest BCUT2D eigenvalue weighted by Gasteiger charge is 2.24. The predicted molar refractivity (Wildman–Crippen MR) is 214 cm³/mol. The van der Waals surface area contributed by atoms with Crippen molar-refractivity contribution in [2.45, 2.75) is 77.9 Å². The van der Waals surface area contributed by atoms with E-state index in [-0.39, 0.29) is 12.6 Å². The fraction of sp³-hybridized carbons (Fsp3) is 0.450. The van der Waals surface area contributed by atoms with Crippen LogP contribution in [-0.4, -0.2) is 107 Å². The minimum Gasteiger partial charge on any atom is -0.495 e. The Morgan fingerprint density at radius 3 is 2.20 bits per heavy atom. The number of fused-ring (bicyclic) bond motifs is 4. The van der Waals surface area contributed by atoms with Crippen LogP contribution in [0.2, 0.25) is 0 Å². The third-order valence-electron chi connectivity index (χ3n) is 10.8. The van der Waals surface area contributed by atoms with Gasteiger partial charge in [0.2, 0.25) is 11.9 Å². The van der Waals surface area contributed by atoms with E-state index in [2.05, 4.69) is 61.8 Å². The summed E-state index contributed by atoms with van der Waals surface area (Å²) >= 11 is 0. The number of aliphatic hydroxyl groups is 2. The van der Waals surface area contributed by atoms with Crippen LogP contribution >= 0.6 is 0 Å². The molecule has 2 aromatic carbocycles. The van der Waals surface area contributed by atoms with Crippen molar-refractivity contribution in [3.8, 4) is 11.5 Å². The van der Waals surface area contributed by atoms with Crippen LogP contribution in [0.25, 0.3) is 22.1 Å². The fourth-order valence-electron chi connectivity index (χ4n) is 7.69. The molecule has 6 aromatic rings. The van der Waals surface area contributed by atoms with E-state index >= 15 is 0 Å². The minimum atomic E-state index is -0.434. The maximum absolute atomic E-state index is 9.81. The first kappa shape index (κ1) is 37.5. The average Bonchev–Trinajstić information content (AvgIpc) is 3.81. The summed E-state index contributed by atoms with van der Waals surface area (Å²) in [5.74, 6) is 2.36. The van der Waals surface area contributed by atoms with Crippen molar-refractivity contribution in [3.05, 3.63) is 70.8 Å². The number of benzene rings is 2. The van der Waals surface area contributed by atoms with Gasteiger partial charge < -0.3 is 35.2 Å². The zero-order valence-electron chi connectivity index (χ0n) is 32.7. The Morgan fingerprint density at radius 2 is 1.48 bits per heavy atom. The van der Waals surface area contributed by atoms with E-state index in [9.17, 15) is 10.2 Å². The molecule has 56 heavy (non-hydrogen) atoms. The van der Waals surface area contributed by atoms with Crippen molar-refractivity contribution >= 4 is 45.3 Å². The third kappa shape index (κ3) is 7.69. The summed E-state index contributed by atoms with van der Waals surface area (Å²) in [6, 6.07) is 8.44. The SMILES string of the molecule is COc1cc2c(cc1Nc1ncc3cnn(CC[C@H](C)O)c3n1)CN(Cc1nc(Nc3cc4c(cc3OC)CCN(C)C4)nc3c1cnn3[C@@H](C)CCO)CC2. The normalized spacial score (nSPS) is 15.8. The summed E-state index contributed by atoms with van der Waals surface area (Å²) in [5, 5.41) is 37.4. The number of nitrogens with one attached hydrogen (secondary N) is 2. The molecular weight excluding hydrogens is 713 g/mol. The highest BCUT2D eigenvalue weighted by atomic mass is 16.5. The second-order valence-corrected chi connectivity index (χ2v) is 15.0. The maximum Gasteiger partial charge on any atom is 0.229 e. The van der Waals surface area contributed by atoms with Gasteiger partial charge in [0.1, 0.15) is 11.5 Å². The van der Waals surface area contributed by atoms with Gasteiger partial charge in [0.15, 0.2) is 11.3 Å². The number of hydrogen-bond acceptors (Lipinski definition) is 14. The molecule has 2 aliphatic heterocycles. The number of nitrogens with zero attached hydrogens (tertiary/aromatic N) is 10. The largest absolute Gasteiger partial charge is 0.495 e. The Bertz CT molecular complexity index is 2360. The molecule has 2 atom stereocenters. The number of hydrogen-bond donors (Lipinski definition) is 4. The van der Waals surface area contributed by atoms with Gasteiger partial charge in [0, 0.05) is 52.1 Å². The van der Waals surface area contributed by atoms with Gasteiger partial charge in [0.25, 0.3) is 0 Å². The highest BCUT2D eigenvalue weighted by Crippen LogP contribution is 2.36. The molecule has 0 aliphatic carbocycles. The topological polar surface area (TPSA) is 177 Å². The highest BCUT2D eigenvalue weighted by molar-refractivity contribution is 5.80. The number of methoxy groups -OCH3 is 2. The Morgan fingerprint density at radius 1 is 0.786 bits per heavy atom. The van der Waals surface area contributed by atoms with E-state index in [1.165, 1.54) is 22.3 Å². The first-order valence-electron chi connectivity index (χ1n) is 19.3. The van der Waals surface area contributed by atoms with Crippen molar-refractivity contribution in [3.63, 3.8) is 0 Å². The number of aliphatic hydroxyl groups excluding tert-OH is 2.